The summed E-state index contributed by atoms with van der Waals surface area (Å²) >= 11 is 0. The van der Waals surface area contributed by atoms with Crippen LogP contribution in [-0.4, -0.2) is 64.2 Å². The van der Waals surface area contributed by atoms with Crippen molar-refractivity contribution in [1.29, 1.82) is 0 Å². The number of aromatic nitrogens is 5. The fourth-order valence-electron chi connectivity index (χ4n) is 3.84. The predicted octanol–water partition coefficient (Wildman–Crippen LogP) is 3.12. The van der Waals surface area contributed by atoms with Crippen LogP contribution in [0.25, 0.3) is 11.0 Å². The van der Waals surface area contributed by atoms with E-state index in [4.69, 9.17) is 14.5 Å². The van der Waals surface area contributed by atoms with Crippen LogP contribution >= 0.6 is 0 Å². The number of hydrazone groups is 1. The minimum atomic E-state index is 0.199. The van der Waals surface area contributed by atoms with Crippen LogP contribution in [0.3, 0.4) is 0 Å². The van der Waals surface area contributed by atoms with E-state index in [2.05, 4.69) is 31.3 Å². The topological polar surface area (TPSA) is 105 Å². The number of ether oxygens (including phenoxy) is 2. The Balaban J connectivity index is 1.58. The highest BCUT2D eigenvalue weighted by Gasteiger charge is 2.19. The van der Waals surface area contributed by atoms with Crippen molar-refractivity contribution in [2.45, 2.75) is 12.5 Å². The summed E-state index contributed by atoms with van der Waals surface area (Å²) in [6.07, 6.45) is 5.34. The Morgan fingerprint density at radius 1 is 1.06 bits per heavy atom. The van der Waals surface area contributed by atoms with Gasteiger partial charge in [0.2, 0.25) is 0 Å². The average molecular weight is 444 g/mol. The maximum Gasteiger partial charge on any atom is 0.144 e. The Kier molecular flexibility index (Phi) is 5.47. The van der Waals surface area contributed by atoms with E-state index in [0.29, 0.717) is 23.9 Å². The molecule has 0 amide bonds. The van der Waals surface area contributed by atoms with Crippen LogP contribution in [0.2, 0.25) is 0 Å². The van der Waals surface area contributed by atoms with Gasteiger partial charge in [0.25, 0.3) is 0 Å². The first-order valence-corrected chi connectivity index (χ1v) is 10.5. The first kappa shape index (κ1) is 20.7. The Bertz CT molecular complexity index is 1270. The van der Waals surface area contributed by atoms with Crippen molar-refractivity contribution in [3.05, 3.63) is 60.3 Å². The number of pyridine rings is 2. The van der Waals surface area contributed by atoms with Crippen LogP contribution in [0.15, 0.2) is 54.0 Å². The fourth-order valence-corrected chi connectivity index (χ4v) is 3.84. The molecule has 4 heterocycles. The second-order valence-electron chi connectivity index (χ2n) is 7.78. The third kappa shape index (κ3) is 4.27. The van der Waals surface area contributed by atoms with Gasteiger partial charge in [-0.25, -0.2) is 9.97 Å². The fraction of sp³-hybridized carbons (Fsp3) is 0.261. The molecule has 10 heteroatoms. The van der Waals surface area contributed by atoms with E-state index in [9.17, 15) is 0 Å². The lowest BCUT2D eigenvalue weighted by molar-refractivity contribution is 0.381. The number of likely N-dealkylation sites (N-methyl/N-ethyl adjacent to an activating group) is 1. The van der Waals surface area contributed by atoms with Crippen LogP contribution in [-0.2, 0) is 6.54 Å². The minimum absolute atomic E-state index is 0.199. The molecule has 1 aliphatic heterocycles. The van der Waals surface area contributed by atoms with Crippen molar-refractivity contribution >= 4 is 28.8 Å². The second-order valence-corrected chi connectivity index (χ2v) is 7.78. The van der Waals surface area contributed by atoms with E-state index in [1.807, 2.05) is 59.7 Å². The Hall–Kier alpha value is -4.21. The monoisotopic (exact) mass is 444 g/mol. The zero-order valence-electron chi connectivity index (χ0n) is 18.6. The maximum absolute atomic E-state index is 5.48. The highest BCUT2D eigenvalue weighted by atomic mass is 16.5. The van der Waals surface area contributed by atoms with Gasteiger partial charge in [-0.05, 0) is 23.8 Å². The molecule has 0 bridgehead atoms. The van der Waals surface area contributed by atoms with Gasteiger partial charge < -0.3 is 14.4 Å². The number of fused-ring (bicyclic) bond motifs is 1. The number of nitrogens with one attached hydrogen (secondary N) is 1. The van der Waals surface area contributed by atoms with Gasteiger partial charge in [-0.15, -0.1) is 0 Å². The van der Waals surface area contributed by atoms with E-state index >= 15 is 0 Å². The molecule has 1 unspecified atom stereocenters. The molecule has 0 fully saturated rings. The first-order chi connectivity index (χ1) is 16.1. The van der Waals surface area contributed by atoms with Crippen molar-refractivity contribution in [3.8, 4) is 11.5 Å². The summed E-state index contributed by atoms with van der Waals surface area (Å²) in [6, 6.07) is 11.7. The third-order valence-electron chi connectivity index (χ3n) is 5.57. The van der Waals surface area contributed by atoms with E-state index in [0.717, 1.165) is 34.6 Å². The summed E-state index contributed by atoms with van der Waals surface area (Å²) in [5.41, 5.74) is 3.58. The number of anilines is 2. The van der Waals surface area contributed by atoms with Crippen molar-refractivity contribution in [2.75, 3.05) is 32.7 Å². The Morgan fingerprint density at radius 3 is 2.55 bits per heavy atom. The predicted molar refractivity (Wildman–Crippen MR) is 125 cm³/mol. The number of hydrogen-bond acceptors (Lipinski definition) is 9. The van der Waals surface area contributed by atoms with Gasteiger partial charge in [0.15, 0.2) is 0 Å². The van der Waals surface area contributed by atoms with Crippen LogP contribution in [0, 0.1) is 0 Å². The molecule has 0 saturated carbocycles. The second kappa shape index (κ2) is 8.73. The van der Waals surface area contributed by atoms with Gasteiger partial charge in [0.05, 0.1) is 37.5 Å². The van der Waals surface area contributed by atoms with E-state index < -0.39 is 0 Å². The highest BCUT2D eigenvalue weighted by Crippen LogP contribution is 2.34. The number of hydrogen-bond donors (Lipinski definition) is 1. The van der Waals surface area contributed by atoms with Crippen LogP contribution in [0.5, 0.6) is 11.5 Å². The summed E-state index contributed by atoms with van der Waals surface area (Å²) in [6.45, 7) is 1.26. The summed E-state index contributed by atoms with van der Waals surface area (Å²) in [7, 11) is 5.22. The van der Waals surface area contributed by atoms with E-state index in [1.54, 1.807) is 14.2 Å². The Labute approximate surface area is 190 Å². The molecule has 4 aromatic rings. The summed E-state index contributed by atoms with van der Waals surface area (Å²) in [5.74, 6) is 3.01. The molecule has 1 aromatic carbocycles. The molecular weight excluding hydrogens is 420 g/mol. The highest BCUT2D eigenvalue weighted by molar-refractivity contribution is 5.80. The number of nitrogens with zero attached hydrogens (tertiary/aromatic N) is 7. The summed E-state index contributed by atoms with van der Waals surface area (Å²) in [5, 5.41) is 13.2. The molecule has 168 valence electrons. The standard InChI is InChI=1S/C23H24N8O2/c1-30-12-16(11-27-30)15-6-21-20(24-10-15)4-5-23(28-21)31(13-22-25-14-26-29-22)17-7-18(32-2)9-19(8-17)33-3/h4-11,14,16H,12-13H2,1-3H3,(H,25,26,29). The molecule has 3 aromatic heterocycles. The molecular formula is C23H24N8O2. The lowest BCUT2D eigenvalue weighted by Gasteiger charge is -2.24. The molecule has 0 saturated heterocycles. The lowest BCUT2D eigenvalue weighted by atomic mass is 10.0. The summed E-state index contributed by atoms with van der Waals surface area (Å²) in [4.78, 5) is 15.9. The number of benzene rings is 1. The van der Waals surface area contributed by atoms with Crippen molar-refractivity contribution in [2.24, 2.45) is 5.10 Å². The molecule has 0 aliphatic carbocycles. The number of methoxy groups -OCH3 is 2. The largest absolute Gasteiger partial charge is 0.497 e. The van der Waals surface area contributed by atoms with Crippen LogP contribution in [0.4, 0.5) is 11.5 Å². The smallest absolute Gasteiger partial charge is 0.144 e. The molecule has 1 aliphatic rings. The minimum Gasteiger partial charge on any atom is -0.497 e. The maximum atomic E-state index is 5.48. The van der Waals surface area contributed by atoms with Gasteiger partial charge in [0, 0.05) is 50.1 Å². The average Bonchev–Trinajstić information content (AvgIpc) is 3.53. The molecule has 5 rings (SSSR count). The van der Waals surface area contributed by atoms with Crippen LogP contribution < -0.4 is 14.4 Å². The van der Waals surface area contributed by atoms with Crippen LogP contribution in [0.1, 0.15) is 17.3 Å². The summed E-state index contributed by atoms with van der Waals surface area (Å²) < 4.78 is 11.0. The van der Waals surface area contributed by atoms with Crippen molar-refractivity contribution in [1.82, 2.24) is 30.2 Å². The van der Waals surface area contributed by atoms with Gasteiger partial charge in [-0.1, -0.05) is 0 Å². The third-order valence-corrected chi connectivity index (χ3v) is 5.57. The first-order valence-electron chi connectivity index (χ1n) is 10.5. The van der Waals surface area contributed by atoms with Gasteiger partial charge >= 0.3 is 0 Å². The van der Waals surface area contributed by atoms with Gasteiger partial charge in [0.1, 0.15) is 29.5 Å². The normalized spacial score (nSPS) is 15.2. The van der Waals surface area contributed by atoms with E-state index in [-0.39, 0.29) is 5.92 Å². The molecule has 10 nitrogen and oxygen atoms in total. The molecule has 0 radical (unpaired) electrons. The number of H-pyrrole nitrogens is 1. The van der Waals surface area contributed by atoms with Gasteiger partial charge in [-0.2, -0.15) is 10.2 Å². The molecule has 33 heavy (non-hydrogen) atoms. The zero-order valence-corrected chi connectivity index (χ0v) is 18.6. The zero-order chi connectivity index (χ0) is 22.8. The number of rotatable bonds is 7. The SMILES string of the molecule is COc1cc(OC)cc(N(Cc2ncn[nH]2)c2ccc3ncc(C4C=NN(C)C4)cc3n2)c1. The van der Waals surface area contributed by atoms with E-state index in [1.165, 1.54) is 6.33 Å². The molecule has 0 spiro atoms. The quantitative estimate of drug-likeness (QED) is 0.464. The van der Waals surface area contributed by atoms with Crippen molar-refractivity contribution in [3.63, 3.8) is 0 Å². The Morgan fingerprint density at radius 2 is 1.88 bits per heavy atom. The lowest BCUT2D eigenvalue weighted by Crippen LogP contribution is -2.19. The molecule has 1 N–H and O–H groups in total. The van der Waals surface area contributed by atoms with Crippen molar-refractivity contribution < 1.29 is 9.47 Å². The van der Waals surface area contributed by atoms with Gasteiger partial charge in [-0.3, -0.25) is 15.1 Å². The molecule has 1 atom stereocenters. The number of aromatic amines is 1.